The number of carbonyl (C=O) groups excluding carboxylic acids is 1. The third kappa shape index (κ3) is 2.68. The van der Waals surface area contributed by atoms with Crippen LogP contribution in [0.5, 0.6) is 0 Å². The molecule has 0 atom stereocenters. The van der Waals surface area contributed by atoms with Crippen molar-refractivity contribution in [2.75, 3.05) is 12.4 Å². The van der Waals surface area contributed by atoms with Gasteiger partial charge in [-0.3, -0.25) is 0 Å². The van der Waals surface area contributed by atoms with Crippen LogP contribution in [0, 0.1) is 0 Å². The fraction of sp³-hybridized carbons (Fsp3) is 0.0667. The summed E-state index contributed by atoms with van der Waals surface area (Å²) in [6, 6.07) is 10.9. The molecule has 0 unspecified atom stereocenters. The van der Waals surface area contributed by atoms with E-state index in [-0.39, 0.29) is 0 Å². The van der Waals surface area contributed by atoms with E-state index in [1.54, 1.807) is 18.3 Å². The number of hydrogen-bond donors (Lipinski definition) is 2. The Morgan fingerprint density at radius 1 is 1.33 bits per heavy atom. The molecule has 2 heterocycles. The predicted octanol–water partition coefficient (Wildman–Crippen LogP) is 3.75. The van der Waals surface area contributed by atoms with Crippen molar-refractivity contribution >= 4 is 40.0 Å². The van der Waals surface area contributed by atoms with Crippen LogP contribution in [0.15, 0.2) is 42.6 Å². The van der Waals surface area contributed by atoms with Gasteiger partial charge < -0.3 is 15.0 Å². The van der Waals surface area contributed by atoms with E-state index in [0.717, 1.165) is 16.8 Å². The molecule has 3 aromatic rings. The van der Waals surface area contributed by atoms with E-state index in [1.807, 2.05) is 24.3 Å². The second-order valence-corrected chi connectivity index (χ2v) is 4.87. The standard InChI is InChI=1S/C15H12ClN3O2/c1-21-15(20)13-8-11-12(5-6-17-14(11)19-13)18-10-4-2-3-9(16)7-10/h2-8H,1H3,(H2,17,18,19). The van der Waals surface area contributed by atoms with Crippen molar-refractivity contribution in [3.8, 4) is 0 Å². The number of halogens is 1. The first kappa shape index (κ1) is 13.5. The van der Waals surface area contributed by atoms with Gasteiger partial charge in [0.05, 0.1) is 12.8 Å². The number of hydrogen-bond acceptors (Lipinski definition) is 4. The van der Waals surface area contributed by atoms with Crippen LogP contribution in [-0.2, 0) is 4.74 Å². The molecule has 1 aromatic carbocycles. The van der Waals surface area contributed by atoms with Crippen molar-refractivity contribution in [2.45, 2.75) is 0 Å². The molecule has 0 radical (unpaired) electrons. The van der Waals surface area contributed by atoms with E-state index < -0.39 is 5.97 Å². The van der Waals surface area contributed by atoms with Crippen molar-refractivity contribution in [3.05, 3.63) is 53.3 Å². The number of methoxy groups -OCH3 is 1. The molecule has 0 fully saturated rings. The molecule has 106 valence electrons. The first-order chi connectivity index (χ1) is 10.2. The first-order valence-corrected chi connectivity index (χ1v) is 6.64. The Balaban J connectivity index is 2.02. The number of aromatic amines is 1. The van der Waals surface area contributed by atoms with E-state index in [1.165, 1.54) is 7.11 Å². The van der Waals surface area contributed by atoms with E-state index >= 15 is 0 Å². The van der Waals surface area contributed by atoms with Crippen molar-refractivity contribution in [1.82, 2.24) is 9.97 Å². The van der Waals surface area contributed by atoms with E-state index in [2.05, 4.69) is 15.3 Å². The minimum atomic E-state index is -0.429. The lowest BCUT2D eigenvalue weighted by Gasteiger charge is -2.07. The van der Waals surface area contributed by atoms with Gasteiger partial charge in [-0.25, -0.2) is 9.78 Å². The van der Waals surface area contributed by atoms with Crippen molar-refractivity contribution < 1.29 is 9.53 Å². The lowest BCUT2D eigenvalue weighted by atomic mass is 10.2. The topological polar surface area (TPSA) is 67.0 Å². The number of esters is 1. The Morgan fingerprint density at radius 3 is 2.95 bits per heavy atom. The summed E-state index contributed by atoms with van der Waals surface area (Å²) in [4.78, 5) is 18.7. The molecule has 0 aliphatic carbocycles. The maximum atomic E-state index is 11.6. The molecule has 2 N–H and O–H groups in total. The summed E-state index contributed by atoms with van der Waals surface area (Å²) in [6.45, 7) is 0. The number of H-pyrrole nitrogens is 1. The fourth-order valence-corrected chi connectivity index (χ4v) is 2.27. The van der Waals surface area contributed by atoms with Gasteiger partial charge in [-0.05, 0) is 30.3 Å². The van der Waals surface area contributed by atoms with E-state index in [4.69, 9.17) is 16.3 Å². The zero-order valence-electron chi connectivity index (χ0n) is 11.2. The number of ether oxygens (including phenoxy) is 1. The van der Waals surface area contributed by atoms with Crippen molar-refractivity contribution in [2.24, 2.45) is 0 Å². The largest absolute Gasteiger partial charge is 0.464 e. The highest BCUT2D eigenvalue weighted by molar-refractivity contribution is 6.30. The summed E-state index contributed by atoms with van der Waals surface area (Å²) >= 11 is 5.97. The Hall–Kier alpha value is -2.53. The fourth-order valence-electron chi connectivity index (χ4n) is 2.08. The Morgan fingerprint density at radius 2 is 2.19 bits per heavy atom. The number of nitrogens with one attached hydrogen (secondary N) is 2. The van der Waals surface area contributed by atoms with Crippen LogP contribution in [0.25, 0.3) is 11.0 Å². The number of nitrogens with zero attached hydrogens (tertiary/aromatic N) is 1. The molecule has 0 saturated heterocycles. The molecular formula is C15H12ClN3O2. The smallest absolute Gasteiger partial charge is 0.354 e. The zero-order chi connectivity index (χ0) is 14.8. The van der Waals surface area contributed by atoms with Crippen LogP contribution in [0.4, 0.5) is 11.4 Å². The normalized spacial score (nSPS) is 10.6. The zero-order valence-corrected chi connectivity index (χ0v) is 11.9. The van der Waals surface area contributed by atoms with Crippen LogP contribution >= 0.6 is 11.6 Å². The number of aromatic nitrogens is 2. The molecule has 0 bridgehead atoms. The van der Waals surface area contributed by atoms with Gasteiger partial charge in [0.1, 0.15) is 11.3 Å². The molecule has 5 nitrogen and oxygen atoms in total. The summed E-state index contributed by atoms with van der Waals surface area (Å²) in [5, 5.41) is 4.71. The lowest BCUT2D eigenvalue weighted by molar-refractivity contribution is 0.0595. The number of pyridine rings is 1. The summed E-state index contributed by atoms with van der Waals surface area (Å²) in [6.07, 6.45) is 1.66. The number of fused-ring (bicyclic) bond motifs is 1. The Bertz CT molecular complexity index is 814. The number of rotatable bonds is 3. The van der Waals surface area contributed by atoms with Crippen molar-refractivity contribution in [1.29, 1.82) is 0 Å². The van der Waals surface area contributed by atoms with Crippen LogP contribution in [0.2, 0.25) is 5.02 Å². The third-order valence-electron chi connectivity index (χ3n) is 3.04. The Labute approximate surface area is 125 Å². The molecule has 0 spiro atoms. The van der Waals surface area contributed by atoms with E-state index in [9.17, 15) is 4.79 Å². The average Bonchev–Trinajstić information content (AvgIpc) is 2.92. The molecular weight excluding hydrogens is 290 g/mol. The maximum Gasteiger partial charge on any atom is 0.354 e. The molecule has 0 aliphatic rings. The maximum absolute atomic E-state index is 11.6. The first-order valence-electron chi connectivity index (χ1n) is 6.26. The molecule has 21 heavy (non-hydrogen) atoms. The second-order valence-electron chi connectivity index (χ2n) is 4.43. The monoisotopic (exact) mass is 301 g/mol. The molecule has 6 heteroatoms. The van der Waals surface area contributed by atoms with Gasteiger partial charge >= 0.3 is 5.97 Å². The van der Waals surface area contributed by atoms with Crippen LogP contribution < -0.4 is 5.32 Å². The summed E-state index contributed by atoms with van der Waals surface area (Å²) in [7, 11) is 1.34. The molecule has 2 aromatic heterocycles. The highest BCUT2D eigenvalue weighted by atomic mass is 35.5. The van der Waals surface area contributed by atoms with Gasteiger partial charge in [0, 0.05) is 22.3 Å². The molecule has 3 rings (SSSR count). The van der Waals surface area contributed by atoms with Crippen molar-refractivity contribution in [3.63, 3.8) is 0 Å². The molecule has 0 aliphatic heterocycles. The van der Waals surface area contributed by atoms with E-state index in [0.29, 0.717) is 16.4 Å². The van der Waals surface area contributed by atoms with Crippen LogP contribution in [0.1, 0.15) is 10.5 Å². The quantitative estimate of drug-likeness (QED) is 0.723. The Kier molecular flexibility index (Phi) is 3.50. The number of carbonyl (C=O) groups is 1. The van der Waals surface area contributed by atoms with Gasteiger partial charge in [-0.1, -0.05) is 17.7 Å². The number of benzene rings is 1. The summed E-state index contributed by atoms with van der Waals surface area (Å²) < 4.78 is 4.70. The minimum Gasteiger partial charge on any atom is -0.464 e. The highest BCUT2D eigenvalue weighted by Crippen LogP contribution is 2.27. The van der Waals surface area contributed by atoms with Gasteiger partial charge in [-0.15, -0.1) is 0 Å². The van der Waals surface area contributed by atoms with Crippen LogP contribution in [0.3, 0.4) is 0 Å². The van der Waals surface area contributed by atoms with Gasteiger partial charge in [0.2, 0.25) is 0 Å². The SMILES string of the molecule is COC(=O)c1cc2c(Nc3cccc(Cl)c3)ccnc2[nH]1. The predicted molar refractivity (Wildman–Crippen MR) is 82.2 cm³/mol. The average molecular weight is 302 g/mol. The number of anilines is 2. The summed E-state index contributed by atoms with van der Waals surface area (Å²) in [5.74, 6) is -0.429. The lowest BCUT2D eigenvalue weighted by Crippen LogP contribution is -2.00. The molecule has 0 amide bonds. The third-order valence-corrected chi connectivity index (χ3v) is 3.28. The van der Waals surface area contributed by atoms with Gasteiger partial charge in [0.15, 0.2) is 0 Å². The van der Waals surface area contributed by atoms with Crippen LogP contribution in [-0.4, -0.2) is 23.0 Å². The second kappa shape index (κ2) is 5.46. The minimum absolute atomic E-state index is 0.361. The van der Waals surface area contributed by atoms with Gasteiger partial charge in [0.25, 0.3) is 0 Å². The summed E-state index contributed by atoms with van der Waals surface area (Å²) in [5.41, 5.74) is 2.66. The van der Waals surface area contributed by atoms with Gasteiger partial charge in [-0.2, -0.15) is 0 Å². The highest BCUT2D eigenvalue weighted by Gasteiger charge is 2.12. The molecule has 0 saturated carbocycles.